The number of hydrogen-bond donors (Lipinski definition) is 3. The summed E-state index contributed by atoms with van der Waals surface area (Å²) in [5, 5.41) is 9.11. The number of hydrogen-bond acceptors (Lipinski definition) is 8. The van der Waals surface area contributed by atoms with Crippen molar-refractivity contribution in [3.05, 3.63) is 73.1 Å². The number of carbonyl (C=O) groups excluding carboxylic acids is 1. The van der Waals surface area contributed by atoms with E-state index in [2.05, 4.69) is 25.1 Å². The normalized spacial score (nSPS) is 11.5. The Morgan fingerprint density at radius 3 is 2.67 bits per heavy atom. The van der Waals surface area contributed by atoms with Gasteiger partial charge in [0.25, 0.3) is 0 Å². The number of anilines is 1. The van der Waals surface area contributed by atoms with Crippen LogP contribution in [0.3, 0.4) is 0 Å². The summed E-state index contributed by atoms with van der Waals surface area (Å²) in [4.78, 5) is 30.3. The average molecular weight is 523 g/mol. The van der Waals surface area contributed by atoms with E-state index in [1.54, 1.807) is 56.7 Å². The molecule has 5 N–H and O–H groups in total. The van der Waals surface area contributed by atoms with Gasteiger partial charge in [0.2, 0.25) is 5.91 Å². The van der Waals surface area contributed by atoms with Crippen molar-refractivity contribution < 1.29 is 9.18 Å². The fourth-order valence-electron chi connectivity index (χ4n) is 4.40. The van der Waals surface area contributed by atoms with Gasteiger partial charge in [-0.05, 0) is 35.9 Å². The smallest absolute Gasteiger partial charge is 0.243 e. The fraction of sp³-hybridized carbons (Fsp3) is 0.111. The number of hydrazine groups is 1. The molecule has 0 bridgehead atoms. The van der Waals surface area contributed by atoms with E-state index >= 15 is 0 Å². The van der Waals surface area contributed by atoms with Crippen LogP contribution in [0.4, 0.5) is 10.1 Å². The maximum absolute atomic E-state index is 13.9. The molecule has 0 atom stereocenters. The van der Waals surface area contributed by atoms with E-state index in [0.717, 1.165) is 10.6 Å². The molecule has 5 heterocycles. The number of aromatic amines is 1. The number of pyridine rings is 3. The standard InChI is InChI=1S/C27H23FN10O/c1-14(2)27(39)37(29)19-9-16(11-31-13-19)17-10-21-23(35-36-24(21)33-12-17)26-34-22-20(6-7-32-25(22)38(26)30)15-4-3-5-18(28)8-15/h3-14H,29-30H2,1-2H3,(H,33,35,36). The van der Waals surface area contributed by atoms with E-state index in [4.69, 9.17) is 16.7 Å². The highest BCUT2D eigenvalue weighted by atomic mass is 19.1. The first-order valence-corrected chi connectivity index (χ1v) is 12.1. The van der Waals surface area contributed by atoms with Gasteiger partial charge in [0.15, 0.2) is 17.1 Å². The number of nitrogens with one attached hydrogen (secondary N) is 1. The molecule has 0 spiro atoms. The number of nitrogen functional groups attached to an aromatic ring is 1. The molecule has 0 radical (unpaired) electrons. The molecule has 0 aliphatic rings. The average Bonchev–Trinajstić information content (AvgIpc) is 3.52. The van der Waals surface area contributed by atoms with E-state index in [9.17, 15) is 9.18 Å². The van der Waals surface area contributed by atoms with Crippen molar-refractivity contribution in [3.8, 4) is 33.8 Å². The Hall–Kier alpha value is -5.23. The number of aromatic nitrogens is 7. The Bertz CT molecular complexity index is 1880. The van der Waals surface area contributed by atoms with Crippen molar-refractivity contribution in [1.82, 2.24) is 34.8 Å². The van der Waals surface area contributed by atoms with E-state index in [-0.39, 0.29) is 17.6 Å². The van der Waals surface area contributed by atoms with Gasteiger partial charge in [-0.3, -0.25) is 14.9 Å². The number of fused-ring (bicyclic) bond motifs is 2. The highest BCUT2D eigenvalue weighted by Crippen LogP contribution is 2.33. The molecule has 0 aliphatic carbocycles. The van der Waals surface area contributed by atoms with Gasteiger partial charge in [0.1, 0.15) is 17.0 Å². The Balaban J connectivity index is 1.45. The molecule has 0 unspecified atom stereocenters. The zero-order chi connectivity index (χ0) is 27.3. The second-order valence-electron chi connectivity index (χ2n) is 9.33. The van der Waals surface area contributed by atoms with Gasteiger partial charge in [-0.2, -0.15) is 5.10 Å². The Kier molecular flexibility index (Phi) is 5.73. The molecule has 1 aromatic carbocycles. The Morgan fingerprint density at radius 2 is 1.87 bits per heavy atom. The lowest BCUT2D eigenvalue weighted by Gasteiger charge is -2.19. The van der Waals surface area contributed by atoms with Crippen molar-refractivity contribution >= 4 is 33.8 Å². The molecule has 6 aromatic rings. The molecular weight excluding hydrogens is 499 g/mol. The number of nitrogens with two attached hydrogens (primary N) is 2. The first-order chi connectivity index (χ1) is 18.8. The minimum absolute atomic E-state index is 0.229. The van der Waals surface area contributed by atoms with Gasteiger partial charge in [-0.25, -0.2) is 34.9 Å². The molecular formula is C27H23FN10O. The highest BCUT2D eigenvalue weighted by molar-refractivity contribution is 5.97. The second-order valence-corrected chi connectivity index (χ2v) is 9.33. The zero-order valence-electron chi connectivity index (χ0n) is 21.0. The summed E-state index contributed by atoms with van der Waals surface area (Å²) in [6, 6.07) is 11.7. The molecule has 12 heteroatoms. The Morgan fingerprint density at radius 1 is 1.05 bits per heavy atom. The molecule has 11 nitrogen and oxygen atoms in total. The summed E-state index contributed by atoms with van der Waals surface area (Å²) in [7, 11) is 0. The van der Waals surface area contributed by atoms with Crippen LogP contribution in [0, 0.1) is 11.7 Å². The van der Waals surface area contributed by atoms with E-state index in [1.165, 1.54) is 23.0 Å². The van der Waals surface area contributed by atoms with Crippen molar-refractivity contribution in [3.63, 3.8) is 0 Å². The second kappa shape index (κ2) is 9.26. The largest absolute Gasteiger partial charge is 0.336 e. The number of halogens is 1. The molecule has 39 heavy (non-hydrogen) atoms. The quantitative estimate of drug-likeness (QED) is 0.175. The van der Waals surface area contributed by atoms with Crippen LogP contribution in [0.2, 0.25) is 0 Å². The van der Waals surface area contributed by atoms with Gasteiger partial charge in [-0.15, -0.1) is 0 Å². The van der Waals surface area contributed by atoms with Gasteiger partial charge in [0, 0.05) is 41.2 Å². The van der Waals surface area contributed by atoms with Crippen LogP contribution in [-0.2, 0) is 4.79 Å². The van der Waals surface area contributed by atoms with Crippen LogP contribution in [0.1, 0.15) is 13.8 Å². The first kappa shape index (κ1) is 24.1. The van der Waals surface area contributed by atoms with Crippen LogP contribution in [0.25, 0.3) is 56.0 Å². The third kappa shape index (κ3) is 4.12. The SMILES string of the molecule is CC(C)C(=O)N(N)c1cncc(-c2cnc3[nH]nc(-c4nc5c(-c6cccc(F)c6)ccnc5n4N)c3c2)c1. The van der Waals surface area contributed by atoms with E-state index in [0.29, 0.717) is 56.1 Å². The minimum atomic E-state index is -0.355. The summed E-state index contributed by atoms with van der Waals surface area (Å²) < 4.78 is 15.3. The third-order valence-electron chi connectivity index (χ3n) is 6.41. The molecule has 0 saturated heterocycles. The number of amides is 1. The molecule has 0 aliphatic heterocycles. The molecule has 0 saturated carbocycles. The van der Waals surface area contributed by atoms with E-state index in [1.807, 2.05) is 6.07 Å². The topological polar surface area (TPSA) is 158 Å². The highest BCUT2D eigenvalue weighted by Gasteiger charge is 2.21. The van der Waals surface area contributed by atoms with Crippen LogP contribution >= 0.6 is 0 Å². The maximum Gasteiger partial charge on any atom is 0.243 e. The van der Waals surface area contributed by atoms with Crippen LogP contribution in [0.15, 0.2) is 67.3 Å². The van der Waals surface area contributed by atoms with Gasteiger partial charge >= 0.3 is 0 Å². The summed E-state index contributed by atoms with van der Waals surface area (Å²) in [5.41, 5.74) is 5.15. The predicted octanol–water partition coefficient (Wildman–Crippen LogP) is 3.81. The first-order valence-electron chi connectivity index (χ1n) is 12.1. The summed E-state index contributed by atoms with van der Waals surface area (Å²) >= 11 is 0. The zero-order valence-corrected chi connectivity index (χ0v) is 21.0. The monoisotopic (exact) mass is 522 g/mol. The van der Waals surface area contributed by atoms with Crippen molar-refractivity contribution in [2.45, 2.75) is 13.8 Å². The summed E-state index contributed by atoms with van der Waals surface area (Å²) in [5.74, 6) is 12.0. The molecule has 5 aromatic heterocycles. The van der Waals surface area contributed by atoms with Crippen molar-refractivity contribution in [2.75, 3.05) is 10.9 Å². The number of H-pyrrole nitrogens is 1. The van der Waals surface area contributed by atoms with Crippen molar-refractivity contribution in [2.24, 2.45) is 11.8 Å². The Labute approximate surface area is 221 Å². The number of nitrogens with zero attached hydrogens (tertiary/aromatic N) is 7. The number of rotatable bonds is 5. The molecule has 6 rings (SSSR count). The maximum atomic E-state index is 13.9. The third-order valence-corrected chi connectivity index (χ3v) is 6.41. The van der Waals surface area contributed by atoms with E-state index < -0.39 is 0 Å². The fourth-order valence-corrected chi connectivity index (χ4v) is 4.40. The lowest BCUT2D eigenvalue weighted by molar-refractivity contribution is -0.121. The molecule has 0 fully saturated rings. The van der Waals surface area contributed by atoms with Crippen molar-refractivity contribution in [1.29, 1.82) is 0 Å². The van der Waals surface area contributed by atoms with Crippen LogP contribution in [0.5, 0.6) is 0 Å². The number of benzene rings is 1. The summed E-state index contributed by atoms with van der Waals surface area (Å²) in [6.45, 7) is 3.55. The van der Waals surface area contributed by atoms with Gasteiger partial charge in [-0.1, -0.05) is 26.0 Å². The number of imidazole rings is 1. The number of carbonyl (C=O) groups is 1. The molecule has 194 valence electrons. The van der Waals surface area contributed by atoms with Gasteiger partial charge < -0.3 is 5.84 Å². The lowest BCUT2D eigenvalue weighted by atomic mass is 10.1. The van der Waals surface area contributed by atoms with Crippen LogP contribution in [-0.4, -0.2) is 40.7 Å². The lowest BCUT2D eigenvalue weighted by Crippen LogP contribution is -2.40. The summed E-state index contributed by atoms with van der Waals surface area (Å²) in [6.07, 6.45) is 6.46. The molecule has 1 amide bonds. The predicted molar refractivity (Wildman–Crippen MR) is 146 cm³/mol. The van der Waals surface area contributed by atoms with Gasteiger partial charge in [0.05, 0.1) is 17.3 Å². The van der Waals surface area contributed by atoms with Crippen LogP contribution < -0.4 is 16.7 Å². The minimum Gasteiger partial charge on any atom is -0.336 e.